The van der Waals surface area contributed by atoms with Gasteiger partial charge < -0.3 is 10.0 Å². The summed E-state index contributed by atoms with van der Waals surface area (Å²) in [5, 5.41) is 10.5. The van der Waals surface area contributed by atoms with Gasteiger partial charge in [-0.3, -0.25) is 0 Å². The van der Waals surface area contributed by atoms with Crippen LogP contribution < -0.4 is 4.90 Å². The van der Waals surface area contributed by atoms with Gasteiger partial charge in [-0.1, -0.05) is 76.6 Å². The van der Waals surface area contributed by atoms with Crippen LogP contribution in [0.2, 0.25) is 0 Å². The molecule has 3 heteroatoms. The van der Waals surface area contributed by atoms with Crippen molar-refractivity contribution < 1.29 is 5.11 Å². The molecule has 1 N–H and O–H groups in total. The van der Waals surface area contributed by atoms with Crippen LogP contribution in [0.4, 0.5) is 5.69 Å². The first-order chi connectivity index (χ1) is 12.4. The van der Waals surface area contributed by atoms with E-state index in [2.05, 4.69) is 81.5 Å². The van der Waals surface area contributed by atoms with E-state index in [1.54, 1.807) is 0 Å². The maximum atomic E-state index is 10.5. The van der Waals surface area contributed by atoms with E-state index in [1.165, 1.54) is 11.1 Å². The molecule has 0 saturated heterocycles. The van der Waals surface area contributed by atoms with Crippen molar-refractivity contribution in [2.24, 2.45) is 0 Å². The molecule has 0 heterocycles. The van der Waals surface area contributed by atoms with Crippen LogP contribution in [0.3, 0.4) is 0 Å². The molecule has 0 aromatic heterocycles. The number of benzene rings is 3. The van der Waals surface area contributed by atoms with Crippen molar-refractivity contribution in [3.63, 3.8) is 0 Å². The van der Waals surface area contributed by atoms with Crippen LogP contribution in [-0.2, 0) is 18.7 Å². The second kappa shape index (κ2) is 8.07. The van der Waals surface area contributed by atoms with E-state index in [0.29, 0.717) is 0 Å². The van der Waals surface area contributed by atoms with E-state index in [-0.39, 0.29) is 0 Å². The van der Waals surface area contributed by atoms with Crippen LogP contribution in [0, 0.1) is 0 Å². The molecule has 2 nitrogen and oxygen atoms in total. The van der Waals surface area contributed by atoms with E-state index < -0.39 is 5.60 Å². The Balaban J connectivity index is 1.98. The zero-order chi connectivity index (χ0) is 18.6. The molecule has 134 valence electrons. The number of hydrogen-bond donors (Lipinski definition) is 1. The maximum Gasteiger partial charge on any atom is 0.0841 e. The maximum absolute atomic E-state index is 10.5. The Morgan fingerprint density at radius 2 is 1.31 bits per heavy atom. The third-order valence-electron chi connectivity index (χ3n) is 4.39. The van der Waals surface area contributed by atoms with E-state index in [9.17, 15) is 5.11 Å². The molecule has 0 amide bonds. The fraction of sp³-hybridized carbons (Fsp3) is 0.217. The van der Waals surface area contributed by atoms with Gasteiger partial charge in [-0.25, -0.2) is 0 Å². The molecule has 0 bridgehead atoms. The molecule has 0 unspecified atom stereocenters. The Bertz CT molecular complexity index is 800. The highest BCUT2D eigenvalue weighted by Crippen LogP contribution is 2.31. The molecule has 0 aliphatic rings. The smallest absolute Gasteiger partial charge is 0.0841 e. The summed E-state index contributed by atoms with van der Waals surface area (Å²) < 4.78 is 0.971. The lowest BCUT2D eigenvalue weighted by Crippen LogP contribution is -2.23. The molecule has 0 aliphatic heterocycles. The van der Waals surface area contributed by atoms with Crippen molar-refractivity contribution in [1.29, 1.82) is 0 Å². The highest BCUT2D eigenvalue weighted by atomic mass is 79.9. The lowest BCUT2D eigenvalue weighted by Gasteiger charge is -2.28. The molecule has 0 saturated carbocycles. The second-order valence-corrected chi connectivity index (χ2v) is 8.00. The van der Waals surface area contributed by atoms with Crippen molar-refractivity contribution in [3.8, 4) is 0 Å². The molecule has 3 aromatic rings. The normalized spacial score (nSPS) is 11.4. The van der Waals surface area contributed by atoms with Crippen molar-refractivity contribution in [2.45, 2.75) is 32.5 Å². The molecule has 0 atom stereocenters. The summed E-state index contributed by atoms with van der Waals surface area (Å²) in [6.45, 7) is 5.24. The summed E-state index contributed by atoms with van der Waals surface area (Å²) in [5.41, 5.74) is 3.61. The van der Waals surface area contributed by atoms with Gasteiger partial charge in [0.05, 0.1) is 5.60 Å². The Labute approximate surface area is 164 Å². The first-order valence-electron chi connectivity index (χ1n) is 8.78. The Hall–Kier alpha value is -2.10. The van der Waals surface area contributed by atoms with Crippen LogP contribution in [-0.4, -0.2) is 5.11 Å². The standard InChI is InChI=1S/C23H24BrNO/c1-23(2,26)20-13-21(24)15-22(14-20)25(16-18-9-5-3-6-10-18)17-19-11-7-4-8-12-19/h3-15,26H,16-17H2,1-2H3. The highest BCUT2D eigenvalue weighted by molar-refractivity contribution is 9.10. The van der Waals surface area contributed by atoms with Crippen LogP contribution in [0.1, 0.15) is 30.5 Å². The van der Waals surface area contributed by atoms with Crippen molar-refractivity contribution in [3.05, 3.63) is 100 Å². The second-order valence-electron chi connectivity index (χ2n) is 7.08. The molecular formula is C23H24BrNO. The lowest BCUT2D eigenvalue weighted by molar-refractivity contribution is 0.0786. The van der Waals surface area contributed by atoms with Gasteiger partial charge in [0.1, 0.15) is 0 Å². The minimum absolute atomic E-state index is 0.803. The summed E-state index contributed by atoms with van der Waals surface area (Å²) in [5.74, 6) is 0. The van der Waals surface area contributed by atoms with Gasteiger partial charge >= 0.3 is 0 Å². The molecule has 0 spiro atoms. The van der Waals surface area contributed by atoms with E-state index in [4.69, 9.17) is 0 Å². The molecule has 3 rings (SSSR count). The minimum Gasteiger partial charge on any atom is -0.386 e. The number of halogens is 1. The number of anilines is 1. The SMILES string of the molecule is CC(C)(O)c1cc(Br)cc(N(Cc2ccccc2)Cc2ccccc2)c1. The monoisotopic (exact) mass is 409 g/mol. The van der Waals surface area contributed by atoms with Gasteiger partial charge in [0.25, 0.3) is 0 Å². The Kier molecular flexibility index (Phi) is 5.80. The van der Waals surface area contributed by atoms with Crippen molar-refractivity contribution >= 4 is 21.6 Å². The fourth-order valence-corrected chi connectivity index (χ4v) is 3.44. The van der Waals surface area contributed by atoms with Gasteiger partial charge in [0.2, 0.25) is 0 Å². The molecule has 0 fully saturated rings. The zero-order valence-corrected chi connectivity index (χ0v) is 16.8. The van der Waals surface area contributed by atoms with E-state index in [1.807, 2.05) is 32.0 Å². The average Bonchev–Trinajstić information content (AvgIpc) is 2.62. The molecule has 0 aliphatic carbocycles. The number of hydrogen-bond acceptors (Lipinski definition) is 2. The highest BCUT2D eigenvalue weighted by Gasteiger charge is 2.19. The Morgan fingerprint density at radius 1 is 0.808 bits per heavy atom. The van der Waals surface area contributed by atoms with Gasteiger partial charge in [-0.2, -0.15) is 0 Å². The van der Waals surface area contributed by atoms with Crippen molar-refractivity contribution in [1.82, 2.24) is 0 Å². The molecule has 3 aromatic carbocycles. The molecule has 0 radical (unpaired) electrons. The lowest BCUT2D eigenvalue weighted by atomic mass is 9.97. The predicted octanol–water partition coefficient (Wildman–Crippen LogP) is 5.88. The third-order valence-corrected chi connectivity index (χ3v) is 4.84. The number of rotatable bonds is 6. The summed E-state index contributed by atoms with van der Waals surface area (Å²) in [4.78, 5) is 2.34. The largest absolute Gasteiger partial charge is 0.386 e. The topological polar surface area (TPSA) is 23.5 Å². The van der Waals surface area contributed by atoms with Crippen LogP contribution in [0.5, 0.6) is 0 Å². The van der Waals surface area contributed by atoms with Crippen LogP contribution in [0.25, 0.3) is 0 Å². The van der Waals surface area contributed by atoms with Crippen molar-refractivity contribution in [2.75, 3.05) is 4.90 Å². The van der Waals surface area contributed by atoms with Gasteiger partial charge in [-0.05, 0) is 48.7 Å². The number of nitrogens with zero attached hydrogens (tertiary/aromatic N) is 1. The van der Waals surface area contributed by atoms with E-state index >= 15 is 0 Å². The molecule has 26 heavy (non-hydrogen) atoms. The van der Waals surface area contributed by atoms with Gasteiger partial charge in [0.15, 0.2) is 0 Å². The first-order valence-corrected chi connectivity index (χ1v) is 9.57. The quantitative estimate of drug-likeness (QED) is 0.548. The van der Waals surface area contributed by atoms with Crippen LogP contribution >= 0.6 is 15.9 Å². The third kappa shape index (κ3) is 4.96. The zero-order valence-electron chi connectivity index (χ0n) is 15.2. The predicted molar refractivity (Wildman–Crippen MR) is 112 cm³/mol. The Morgan fingerprint density at radius 3 is 1.77 bits per heavy atom. The fourth-order valence-electron chi connectivity index (χ4n) is 2.96. The molecular weight excluding hydrogens is 386 g/mol. The van der Waals surface area contributed by atoms with Crippen LogP contribution in [0.15, 0.2) is 83.3 Å². The summed E-state index contributed by atoms with van der Waals surface area (Å²) >= 11 is 3.61. The minimum atomic E-state index is -0.885. The summed E-state index contributed by atoms with van der Waals surface area (Å²) in [6.07, 6.45) is 0. The summed E-state index contributed by atoms with van der Waals surface area (Å²) in [6, 6.07) is 27.1. The first kappa shape index (κ1) is 18.7. The average molecular weight is 410 g/mol. The van der Waals surface area contributed by atoms with Gasteiger partial charge in [0, 0.05) is 23.2 Å². The van der Waals surface area contributed by atoms with E-state index in [0.717, 1.165) is 28.8 Å². The number of aliphatic hydroxyl groups is 1. The summed E-state index contributed by atoms with van der Waals surface area (Å²) in [7, 11) is 0. The van der Waals surface area contributed by atoms with Gasteiger partial charge in [-0.15, -0.1) is 0 Å².